The zero-order valence-corrected chi connectivity index (χ0v) is 13.2. The molecule has 0 aliphatic rings. The zero-order valence-electron chi connectivity index (χ0n) is 11.7. The van der Waals surface area contributed by atoms with Crippen molar-refractivity contribution in [3.8, 4) is 0 Å². The van der Waals surface area contributed by atoms with Crippen LogP contribution in [0, 0.1) is 5.82 Å². The fraction of sp³-hybridized carbons (Fsp3) is 0.176. The molecule has 3 aromatic rings. The highest BCUT2D eigenvalue weighted by Gasteiger charge is 2.24. The molecule has 2 atom stereocenters. The minimum absolute atomic E-state index is 0.369. The van der Waals surface area contributed by atoms with Crippen molar-refractivity contribution in [3.05, 3.63) is 70.6 Å². The molecule has 0 saturated heterocycles. The number of nitrogens with zero attached hydrogens (tertiary/aromatic N) is 1. The van der Waals surface area contributed by atoms with Crippen LogP contribution in [0.3, 0.4) is 0 Å². The van der Waals surface area contributed by atoms with E-state index in [0.29, 0.717) is 5.56 Å². The molecule has 0 aliphatic heterocycles. The topological polar surface area (TPSA) is 45.4 Å². The molecule has 3 rings (SSSR count). The zero-order chi connectivity index (χ0) is 15.7. The summed E-state index contributed by atoms with van der Waals surface area (Å²) in [6.07, 6.45) is 0.812. The Morgan fingerprint density at radius 1 is 1.14 bits per heavy atom. The van der Waals surface area contributed by atoms with Crippen LogP contribution >= 0.6 is 15.9 Å². The number of halogens is 2. The Bertz CT molecular complexity index is 802. The van der Waals surface area contributed by atoms with E-state index in [1.54, 1.807) is 12.1 Å². The summed E-state index contributed by atoms with van der Waals surface area (Å²) in [5, 5.41) is 20.6. The van der Waals surface area contributed by atoms with Gasteiger partial charge in [-0.15, -0.1) is 0 Å². The summed E-state index contributed by atoms with van der Waals surface area (Å²) in [6, 6.07) is 13.3. The van der Waals surface area contributed by atoms with E-state index in [1.165, 1.54) is 12.1 Å². The maximum atomic E-state index is 13.5. The van der Waals surface area contributed by atoms with Crippen LogP contribution in [0.4, 0.5) is 4.39 Å². The van der Waals surface area contributed by atoms with Gasteiger partial charge in [-0.25, -0.2) is 4.39 Å². The van der Waals surface area contributed by atoms with Crippen molar-refractivity contribution in [2.45, 2.75) is 12.1 Å². The molecule has 0 fully saturated rings. The maximum absolute atomic E-state index is 13.5. The third-order valence-corrected chi connectivity index (χ3v) is 4.22. The van der Waals surface area contributed by atoms with Gasteiger partial charge in [-0.3, -0.25) is 0 Å². The highest BCUT2D eigenvalue weighted by atomic mass is 79.9. The lowest BCUT2D eigenvalue weighted by molar-refractivity contribution is 0.0653. The fourth-order valence-corrected chi connectivity index (χ4v) is 3.11. The number of fused-ring (bicyclic) bond motifs is 1. The van der Waals surface area contributed by atoms with Crippen molar-refractivity contribution in [1.82, 2.24) is 4.57 Å². The van der Waals surface area contributed by atoms with E-state index in [4.69, 9.17) is 0 Å². The monoisotopic (exact) mass is 363 g/mol. The Morgan fingerprint density at radius 2 is 1.95 bits per heavy atom. The SMILES string of the molecule is OC[C@@H](O)[C@H](c1cccc(F)c1)n1ccc2cc(Br)ccc21. The third-order valence-electron chi connectivity index (χ3n) is 3.72. The highest BCUT2D eigenvalue weighted by Crippen LogP contribution is 2.29. The smallest absolute Gasteiger partial charge is 0.123 e. The molecule has 3 nitrogen and oxygen atoms in total. The number of aliphatic hydroxyl groups excluding tert-OH is 2. The van der Waals surface area contributed by atoms with E-state index >= 15 is 0 Å². The van der Waals surface area contributed by atoms with Gasteiger partial charge in [0, 0.05) is 21.6 Å². The minimum atomic E-state index is -1.03. The molecule has 5 heteroatoms. The molecule has 2 N–H and O–H groups in total. The quantitative estimate of drug-likeness (QED) is 0.745. The average Bonchev–Trinajstić information content (AvgIpc) is 2.90. The average molecular weight is 364 g/mol. The fourth-order valence-electron chi connectivity index (χ4n) is 2.74. The van der Waals surface area contributed by atoms with Gasteiger partial charge in [0.05, 0.1) is 12.6 Å². The largest absolute Gasteiger partial charge is 0.394 e. The van der Waals surface area contributed by atoms with Crippen molar-refractivity contribution in [3.63, 3.8) is 0 Å². The third kappa shape index (κ3) is 2.79. The Kier molecular flexibility index (Phi) is 4.29. The summed E-state index contributed by atoms with van der Waals surface area (Å²) in [6.45, 7) is -0.405. The second-order valence-corrected chi connectivity index (χ2v) is 6.09. The van der Waals surface area contributed by atoms with Gasteiger partial charge in [0.15, 0.2) is 0 Å². The molecular formula is C17H15BrFNO2. The van der Waals surface area contributed by atoms with Crippen LogP contribution in [0.5, 0.6) is 0 Å². The molecule has 0 unspecified atom stereocenters. The predicted molar refractivity (Wildman–Crippen MR) is 87.3 cm³/mol. The molecule has 0 amide bonds. The van der Waals surface area contributed by atoms with E-state index in [2.05, 4.69) is 15.9 Å². The van der Waals surface area contributed by atoms with Crippen molar-refractivity contribution in [1.29, 1.82) is 0 Å². The lowest BCUT2D eigenvalue weighted by Crippen LogP contribution is -2.28. The first-order valence-corrected chi connectivity index (χ1v) is 7.70. The summed E-state index contributed by atoms with van der Waals surface area (Å²) >= 11 is 3.43. The molecule has 1 aromatic heterocycles. The summed E-state index contributed by atoms with van der Waals surface area (Å²) in [7, 11) is 0. The molecular weight excluding hydrogens is 349 g/mol. The second-order valence-electron chi connectivity index (χ2n) is 5.18. The first-order valence-electron chi connectivity index (χ1n) is 6.90. The van der Waals surface area contributed by atoms with Crippen LogP contribution in [-0.4, -0.2) is 27.5 Å². The summed E-state index contributed by atoms with van der Waals surface area (Å²) in [4.78, 5) is 0. The summed E-state index contributed by atoms with van der Waals surface area (Å²) in [5.74, 6) is -0.369. The maximum Gasteiger partial charge on any atom is 0.123 e. The lowest BCUT2D eigenvalue weighted by Gasteiger charge is -2.25. The van der Waals surface area contributed by atoms with Crippen molar-refractivity contribution in [2.24, 2.45) is 0 Å². The number of benzene rings is 2. The number of aliphatic hydroxyl groups is 2. The van der Waals surface area contributed by atoms with Gasteiger partial charge >= 0.3 is 0 Å². The second kappa shape index (κ2) is 6.20. The van der Waals surface area contributed by atoms with Gasteiger partial charge in [0.25, 0.3) is 0 Å². The van der Waals surface area contributed by atoms with E-state index in [-0.39, 0.29) is 5.82 Å². The van der Waals surface area contributed by atoms with Crippen LogP contribution in [0.25, 0.3) is 10.9 Å². The summed E-state index contributed by atoms with van der Waals surface area (Å²) in [5.41, 5.74) is 1.52. The van der Waals surface area contributed by atoms with Crippen LogP contribution < -0.4 is 0 Å². The van der Waals surface area contributed by atoms with Gasteiger partial charge in [0.1, 0.15) is 11.9 Å². The Balaban J connectivity index is 2.16. The standard InChI is InChI=1S/C17H15BrFNO2/c18-13-4-5-15-11(8-13)6-7-20(15)17(16(22)10-21)12-2-1-3-14(19)9-12/h1-9,16-17,21-22H,10H2/t16-,17+/m1/s1. The van der Waals surface area contributed by atoms with Crippen LogP contribution in [-0.2, 0) is 0 Å². The number of aromatic nitrogens is 1. The van der Waals surface area contributed by atoms with Gasteiger partial charge in [-0.05, 0) is 42.0 Å². The van der Waals surface area contributed by atoms with Gasteiger partial charge in [-0.1, -0.05) is 28.1 Å². The molecule has 114 valence electrons. The molecule has 0 bridgehead atoms. The van der Waals surface area contributed by atoms with E-state index in [0.717, 1.165) is 15.4 Å². The van der Waals surface area contributed by atoms with E-state index in [1.807, 2.05) is 35.0 Å². The Labute approximate surface area is 135 Å². The van der Waals surface area contributed by atoms with Crippen LogP contribution in [0.1, 0.15) is 11.6 Å². The van der Waals surface area contributed by atoms with Crippen molar-refractivity contribution < 1.29 is 14.6 Å². The van der Waals surface area contributed by atoms with E-state index in [9.17, 15) is 14.6 Å². The van der Waals surface area contributed by atoms with Gasteiger partial charge in [0.2, 0.25) is 0 Å². The first kappa shape index (κ1) is 15.2. The highest BCUT2D eigenvalue weighted by molar-refractivity contribution is 9.10. The van der Waals surface area contributed by atoms with Gasteiger partial charge < -0.3 is 14.8 Å². The normalized spacial score (nSPS) is 14.2. The number of rotatable bonds is 4. The van der Waals surface area contributed by atoms with Crippen LogP contribution in [0.15, 0.2) is 59.2 Å². The molecule has 0 spiro atoms. The minimum Gasteiger partial charge on any atom is -0.394 e. The Hall–Kier alpha value is -1.69. The van der Waals surface area contributed by atoms with Crippen molar-refractivity contribution >= 4 is 26.8 Å². The van der Waals surface area contributed by atoms with E-state index < -0.39 is 18.8 Å². The molecule has 0 aliphatic carbocycles. The van der Waals surface area contributed by atoms with Crippen molar-refractivity contribution in [2.75, 3.05) is 6.61 Å². The van der Waals surface area contributed by atoms with Gasteiger partial charge in [-0.2, -0.15) is 0 Å². The number of hydrogen-bond acceptors (Lipinski definition) is 2. The first-order chi connectivity index (χ1) is 10.6. The predicted octanol–water partition coefficient (Wildman–Crippen LogP) is 3.49. The number of hydrogen-bond donors (Lipinski definition) is 2. The molecule has 0 saturated carbocycles. The molecule has 0 radical (unpaired) electrons. The Morgan fingerprint density at radius 3 is 2.68 bits per heavy atom. The lowest BCUT2D eigenvalue weighted by atomic mass is 10.0. The molecule has 2 aromatic carbocycles. The molecule has 22 heavy (non-hydrogen) atoms. The summed E-state index contributed by atoms with van der Waals surface area (Å²) < 4.78 is 16.4. The van der Waals surface area contributed by atoms with Crippen LogP contribution in [0.2, 0.25) is 0 Å². The molecule has 1 heterocycles.